The molecular weight excluding hydrogens is 355 g/mol. The zero-order chi connectivity index (χ0) is 17.1. The van der Waals surface area contributed by atoms with Gasteiger partial charge in [-0.25, -0.2) is 13.2 Å². The Morgan fingerprint density at radius 1 is 0.958 bits per heavy atom. The lowest BCUT2D eigenvalue weighted by molar-refractivity contribution is 0.102. The van der Waals surface area contributed by atoms with Gasteiger partial charge in [0.25, 0.3) is 5.91 Å². The Bertz CT molecular complexity index is 746. The molecule has 0 aromatic heterocycles. The molecule has 24 heavy (non-hydrogen) atoms. The van der Waals surface area contributed by atoms with Crippen LogP contribution in [0.3, 0.4) is 0 Å². The lowest BCUT2D eigenvalue weighted by Gasteiger charge is -2.21. The average molecular weight is 369 g/mol. The van der Waals surface area contributed by atoms with E-state index >= 15 is 0 Å². The van der Waals surface area contributed by atoms with Gasteiger partial charge in [0.05, 0.1) is 10.3 Å². The van der Waals surface area contributed by atoms with Crippen molar-refractivity contribution in [2.24, 2.45) is 0 Å². The standard InChI is InChI=1S/C17H14F3NOS2/c18-12-6-7-13(15(20)14(12)19)21-16(22)10-2-4-11(5-3-10)17-23-8-1-9-24-17/h2-7,17H,1,8-9H2,(H,21,22). The molecule has 1 fully saturated rings. The molecule has 126 valence electrons. The van der Waals surface area contributed by atoms with E-state index in [1.54, 1.807) is 12.1 Å². The number of amides is 1. The molecule has 0 spiro atoms. The SMILES string of the molecule is O=C(Nc1ccc(F)c(F)c1F)c1ccc(C2SCCCS2)cc1. The van der Waals surface area contributed by atoms with Crippen molar-refractivity contribution in [3.8, 4) is 0 Å². The maximum Gasteiger partial charge on any atom is 0.255 e. The Labute approximate surface area is 146 Å². The van der Waals surface area contributed by atoms with E-state index in [0.29, 0.717) is 10.1 Å². The third-order valence-corrected chi connectivity index (χ3v) is 6.57. The normalized spacial score (nSPS) is 15.3. The largest absolute Gasteiger partial charge is 0.319 e. The fraction of sp³-hybridized carbons (Fsp3) is 0.235. The predicted molar refractivity (Wildman–Crippen MR) is 93.0 cm³/mol. The molecule has 7 heteroatoms. The van der Waals surface area contributed by atoms with Crippen molar-refractivity contribution in [3.05, 3.63) is 65.0 Å². The van der Waals surface area contributed by atoms with Crippen LogP contribution in [0, 0.1) is 17.5 Å². The number of rotatable bonds is 3. The molecule has 1 N–H and O–H groups in total. The van der Waals surface area contributed by atoms with Gasteiger partial charge in [0.1, 0.15) is 0 Å². The van der Waals surface area contributed by atoms with Crippen molar-refractivity contribution in [2.75, 3.05) is 16.8 Å². The van der Waals surface area contributed by atoms with Crippen molar-refractivity contribution in [1.82, 2.24) is 0 Å². The molecule has 0 aliphatic carbocycles. The second-order valence-electron chi connectivity index (χ2n) is 5.23. The molecule has 2 aromatic carbocycles. The molecule has 0 radical (unpaired) electrons. The summed E-state index contributed by atoms with van der Waals surface area (Å²) in [6, 6.07) is 8.80. The summed E-state index contributed by atoms with van der Waals surface area (Å²) in [5, 5.41) is 2.26. The minimum absolute atomic E-state index is 0.327. The highest BCUT2D eigenvalue weighted by atomic mass is 32.2. The van der Waals surface area contributed by atoms with E-state index in [0.717, 1.165) is 29.2 Å². The molecule has 0 unspecified atom stereocenters. The molecule has 2 nitrogen and oxygen atoms in total. The first-order chi connectivity index (χ1) is 11.6. The topological polar surface area (TPSA) is 29.1 Å². The van der Waals surface area contributed by atoms with Crippen LogP contribution in [0.5, 0.6) is 0 Å². The minimum atomic E-state index is -1.60. The smallest absolute Gasteiger partial charge is 0.255 e. The van der Waals surface area contributed by atoms with Gasteiger partial charge in [0.2, 0.25) is 0 Å². The van der Waals surface area contributed by atoms with Gasteiger partial charge >= 0.3 is 0 Å². The van der Waals surface area contributed by atoms with E-state index in [1.807, 2.05) is 35.7 Å². The first kappa shape index (κ1) is 17.2. The Balaban J connectivity index is 1.72. The molecule has 1 aliphatic rings. The first-order valence-electron chi connectivity index (χ1n) is 7.34. The average Bonchev–Trinajstić information content (AvgIpc) is 2.63. The van der Waals surface area contributed by atoms with Crippen LogP contribution in [0.15, 0.2) is 36.4 Å². The molecule has 1 heterocycles. The van der Waals surface area contributed by atoms with Crippen LogP contribution in [0.25, 0.3) is 0 Å². The predicted octanol–water partition coefficient (Wildman–Crippen LogP) is 5.22. The fourth-order valence-corrected chi connectivity index (χ4v) is 5.18. The number of hydrogen-bond acceptors (Lipinski definition) is 3. The second-order valence-corrected chi connectivity index (χ2v) is 7.95. The highest BCUT2D eigenvalue weighted by Gasteiger charge is 2.18. The summed E-state index contributed by atoms with van der Waals surface area (Å²) in [4.78, 5) is 12.1. The van der Waals surface area contributed by atoms with Crippen molar-refractivity contribution in [3.63, 3.8) is 0 Å². The number of nitrogens with one attached hydrogen (secondary N) is 1. The third-order valence-electron chi connectivity index (χ3n) is 3.56. The maximum absolute atomic E-state index is 13.6. The van der Waals surface area contributed by atoms with Gasteiger partial charge in [-0.2, -0.15) is 0 Å². The highest BCUT2D eigenvalue weighted by molar-refractivity contribution is 8.16. The van der Waals surface area contributed by atoms with E-state index < -0.39 is 23.4 Å². The van der Waals surface area contributed by atoms with Crippen LogP contribution in [0.2, 0.25) is 0 Å². The number of benzene rings is 2. The van der Waals surface area contributed by atoms with Gasteiger partial charge in [0, 0.05) is 5.56 Å². The number of anilines is 1. The third kappa shape index (κ3) is 3.72. The lowest BCUT2D eigenvalue weighted by Crippen LogP contribution is -2.14. The molecule has 1 amide bonds. The van der Waals surface area contributed by atoms with Crippen LogP contribution in [0.1, 0.15) is 26.9 Å². The van der Waals surface area contributed by atoms with E-state index in [4.69, 9.17) is 0 Å². The summed E-state index contributed by atoms with van der Waals surface area (Å²) in [5.41, 5.74) is 1.07. The van der Waals surface area contributed by atoms with E-state index in [2.05, 4.69) is 5.32 Å². The molecule has 1 saturated heterocycles. The van der Waals surface area contributed by atoms with Gasteiger partial charge in [-0.1, -0.05) is 12.1 Å². The van der Waals surface area contributed by atoms with E-state index in [-0.39, 0.29) is 5.69 Å². The molecular formula is C17H14F3NOS2. The van der Waals surface area contributed by atoms with Crippen molar-refractivity contribution < 1.29 is 18.0 Å². The summed E-state index contributed by atoms with van der Waals surface area (Å²) >= 11 is 3.75. The summed E-state index contributed by atoms with van der Waals surface area (Å²) in [7, 11) is 0. The van der Waals surface area contributed by atoms with Crippen LogP contribution in [0.4, 0.5) is 18.9 Å². The quantitative estimate of drug-likeness (QED) is 0.752. The van der Waals surface area contributed by atoms with Gasteiger partial charge in [-0.3, -0.25) is 4.79 Å². The van der Waals surface area contributed by atoms with Gasteiger partial charge in [-0.15, -0.1) is 23.5 Å². The van der Waals surface area contributed by atoms with Crippen LogP contribution >= 0.6 is 23.5 Å². The summed E-state index contributed by atoms with van der Waals surface area (Å²) < 4.78 is 40.1. The molecule has 3 rings (SSSR count). The molecule has 1 aliphatic heterocycles. The summed E-state index contributed by atoms with van der Waals surface area (Å²) in [5.74, 6) is -2.64. The van der Waals surface area contributed by atoms with Crippen LogP contribution < -0.4 is 5.32 Å². The Morgan fingerprint density at radius 3 is 2.29 bits per heavy atom. The lowest BCUT2D eigenvalue weighted by atomic mass is 10.1. The Hall–Kier alpha value is -1.60. The van der Waals surface area contributed by atoms with Crippen molar-refractivity contribution in [1.29, 1.82) is 0 Å². The number of carbonyl (C=O) groups excluding carboxylic acids is 1. The monoisotopic (exact) mass is 369 g/mol. The number of thioether (sulfide) groups is 2. The number of hydrogen-bond donors (Lipinski definition) is 1. The fourth-order valence-electron chi connectivity index (χ4n) is 2.29. The van der Waals surface area contributed by atoms with Crippen molar-refractivity contribution >= 4 is 35.1 Å². The minimum Gasteiger partial charge on any atom is -0.319 e. The second kappa shape index (κ2) is 7.53. The van der Waals surface area contributed by atoms with E-state index in [9.17, 15) is 18.0 Å². The maximum atomic E-state index is 13.6. The van der Waals surface area contributed by atoms with Gasteiger partial charge in [0.15, 0.2) is 17.5 Å². The number of halogens is 3. The summed E-state index contributed by atoms with van der Waals surface area (Å²) in [6.45, 7) is 0. The summed E-state index contributed by atoms with van der Waals surface area (Å²) in [6.07, 6.45) is 1.20. The molecule has 0 saturated carbocycles. The van der Waals surface area contributed by atoms with Crippen LogP contribution in [-0.2, 0) is 0 Å². The zero-order valence-electron chi connectivity index (χ0n) is 12.5. The van der Waals surface area contributed by atoms with Crippen LogP contribution in [-0.4, -0.2) is 17.4 Å². The highest BCUT2D eigenvalue weighted by Crippen LogP contribution is 2.43. The van der Waals surface area contributed by atoms with Crippen molar-refractivity contribution in [2.45, 2.75) is 11.0 Å². The first-order valence-corrected chi connectivity index (χ1v) is 9.44. The molecule has 0 atom stereocenters. The Morgan fingerprint density at radius 2 is 1.62 bits per heavy atom. The molecule has 2 aromatic rings. The zero-order valence-corrected chi connectivity index (χ0v) is 14.2. The molecule has 0 bridgehead atoms. The van der Waals surface area contributed by atoms with Gasteiger partial charge < -0.3 is 5.32 Å². The Kier molecular flexibility index (Phi) is 5.40. The number of carbonyl (C=O) groups is 1. The van der Waals surface area contributed by atoms with Gasteiger partial charge in [-0.05, 0) is 47.8 Å². The van der Waals surface area contributed by atoms with E-state index in [1.165, 1.54) is 6.42 Å².